The predicted molar refractivity (Wildman–Crippen MR) is 69.1 cm³/mol. The van der Waals surface area contributed by atoms with Gasteiger partial charge in [-0.15, -0.1) is 0 Å². The second kappa shape index (κ2) is 6.14. The van der Waals surface area contributed by atoms with Gasteiger partial charge in [-0.25, -0.2) is 0 Å². The van der Waals surface area contributed by atoms with Gasteiger partial charge >= 0.3 is 0 Å². The van der Waals surface area contributed by atoms with Crippen LogP contribution in [0.5, 0.6) is 0 Å². The smallest absolute Gasteiger partial charge is 0.288 e. The zero-order valence-electron chi connectivity index (χ0n) is 10.3. The Morgan fingerprint density at radius 1 is 1.42 bits per heavy atom. The van der Waals surface area contributed by atoms with Crippen LogP contribution >= 0.6 is 11.6 Å². The fourth-order valence-corrected chi connectivity index (χ4v) is 1.53. The Morgan fingerprint density at radius 3 is 2.58 bits per heavy atom. The van der Waals surface area contributed by atoms with Crippen LogP contribution in [0.4, 0.5) is 5.69 Å². The molecular weight excluding hydrogens is 274 g/mol. The predicted octanol–water partition coefficient (Wildman–Crippen LogP) is 1.07. The highest BCUT2D eigenvalue weighted by molar-refractivity contribution is 6.35. The lowest BCUT2D eigenvalue weighted by Gasteiger charge is -2.11. The molecule has 19 heavy (non-hydrogen) atoms. The van der Waals surface area contributed by atoms with Crippen LogP contribution < -0.4 is 5.32 Å². The Labute approximate surface area is 114 Å². The summed E-state index contributed by atoms with van der Waals surface area (Å²) in [6.07, 6.45) is 0. The number of hydrogen-bond donors (Lipinski definition) is 1. The molecule has 2 amide bonds. The van der Waals surface area contributed by atoms with E-state index in [9.17, 15) is 19.7 Å². The summed E-state index contributed by atoms with van der Waals surface area (Å²) in [5.74, 6) is -0.932. The van der Waals surface area contributed by atoms with Crippen molar-refractivity contribution in [2.75, 3.05) is 20.6 Å². The van der Waals surface area contributed by atoms with Gasteiger partial charge in [0.2, 0.25) is 5.91 Å². The van der Waals surface area contributed by atoms with Crippen molar-refractivity contribution in [2.45, 2.75) is 0 Å². The van der Waals surface area contributed by atoms with Crippen LogP contribution in [0.3, 0.4) is 0 Å². The van der Waals surface area contributed by atoms with Gasteiger partial charge in [0.05, 0.1) is 17.0 Å². The molecule has 102 valence electrons. The van der Waals surface area contributed by atoms with Crippen molar-refractivity contribution in [3.05, 3.63) is 38.9 Å². The number of nitro benzene ring substituents is 1. The lowest BCUT2D eigenvalue weighted by molar-refractivity contribution is -0.384. The molecule has 0 aromatic heterocycles. The summed E-state index contributed by atoms with van der Waals surface area (Å²) in [6.45, 7) is -0.204. The average Bonchev–Trinajstić information content (AvgIpc) is 2.35. The molecule has 0 spiro atoms. The first kappa shape index (κ1) is 14.9. The molecular formula is C11H12ClN3O4. The number of carbonyl (C=O) groups is 2. The van der Waals surface area contributed by atoms with Gasteiger partial charge in [-0.3, -0.25) is 19.7 Å². The van der Waals surface area contributed by atoms with E-state index >= 15 is 0 Å². The normalized spacial score (nSPS) is 9.84. The van der Waals surface area contributed by atoms with Gasteiger partial charge < -0.3 is 10.2 Å². The summed E-state index contributed by atoms with van der Waals surface area (Å²) in [5, 5.41) is 12.8. The minimum Gasteiger partial charge on any atom is -0.347 e. The first-order valence-corrected chi connectivity index (χ1v) is 5.63. The topological polar surface area (TPSA) is 92.6 Å². The molecule has 0 bridgehead atoms. The lowest BCUT2D eigenvalue weighted by Crippen LogP contribution is -2.36. The van der Waals surface area contributed by atoms with Crippen LogP contribution in [0, 0.1) is 10.1 Å². The molecule has 1 N–H and O–H groups in total. The number of amides is 2. The molecule has 0 saturated carbocycles. The van der Waals surface area contributed by atoms with Gasteiger partial charge in [0.15, 0.2) is 0 Å². The van der Waals surface area contributed by atoms with E-state index in [0.717, 1.165) is 0 Å². The zero-order valence-corrected chi connectivity index (χ0v) is 11.1. The molecule has 0 aliphatic heterocycles. The summed E-state index contributed by atoms with van der Waals surface area (Å²) in [7, 11) is 3.10. The summed E-state index contributed by atoms with van der Waals surface area (Å²) < 4.78 is 0. The number of rotatable bonds is 4. The Kier molecular flexibility index (Phi) is 4.82. The van der Waals surface area contributed by atoms with E-state index in [4.69, 9.17) is 11.6 Å². The average molecular weight is 286 g/mol. The molecule has 1 aromatic rings. The Bertz CT molecular complexity index is 531. The van der Waals surface area contributed by atoms with E-state index in [0.29, 0.717) is 0 Å². The highest BCUT2D eigenvalue weighted by Crippen LogP contribution is 2.27. The molecule has 1 aromatic carbocycles. The van der Waals surface area contributed by atoms with Crippen molar-refractivity contribution in [1.29, 1.82) is 0 Å². The van der Waals surface area contributed by atoms with Gasteiger partial charge in [-0.2, -0.15) is 0 Å². The minimum absolute atomic E-state index is 0.0394. The molecule has 0 fully saturated rings. The summed E-state index contributed by atoms with van der Waals surface area (Å²) in [5.41, 5.74) is -0.393. The van der Waals surface area contributed by atoms with E-state index in [2.05, 4.69) is 5.32 Å². The molecule has 7 nitrogen and oxygen atoms in total. The van der Waals surface area contributed by atoms with Crippen LogP contribution in [0.1, 0.15) is 10.4 Å². The number of hydrogen-bond acceptors (Lipinski definition) is 4. The van der Waals surface area contributed by atoms with Crippen LogP contribution in [0.2, 0.25) is 5.02 Å². The third-order valence-electron chi connectivity index (χ3n) is 2.32. The maximum Gasteiger partial charge on any atom is 0.288 e. The van der Waals surface area contributed by atoms with Crippen molar-refractivity contribution in [2.24, 2.45) is 0 Å². The highest BCUT2D eigenvalue weighted by Gasteiger charge is 2.20. The van der Waals surface area contributed by atoms with Crippen molar-refractivity contribution in [3.63, 3.8) is 0 Å². The van der Waals surface area contributed by atoms with Crippen LogP contribution in [0.15, 0.2) is 18.2 Å². The van der Waals surface area contributed by atoms with Crippen LogP contribution in [0.25, 0.3) is 0 Å². The van der Waals surface area contributed by atoms with Gasteiger partial charge in [0, 0.05) is 20.2 Å². The number of carbonyl (C=O) groups excluding carboxylic acids is 2. The summed E-state index contributed by atoms with van der Waals surface area (Å²) in [4.78, 5) is 34.4. The molecule has 0 atom stereocenters. The standard InChI is InChI=1S/C11H12ClN3O4/c1-14(2)9(16)6-13-11(17)7-4-3-5-8(10(7)12)15(18)19/h3-5H,6H2,1-2H3,(H,13,17). The fourth-order valence-electron chi connectivity index (χ4n) is 1.25. The summed E-state index contributed by atoms with van der Waals surface area (Å²) in [6, 6.07) is 3.90. The summed E-state index contributed by atoms with van der Waals surface area (Å²) >= 11 is 5.78. The Hall–Kier alpha value is -2.15. The lowest BCUT2D eigenvalue weighted by atomic mass is 10.2. The molecule has 0 radical (unpaired) electrons. The maximum atomic E-state index is 11.8. The van der Waals surface area contributed by atoms with E-state index in [-0.39, 0.29) is 28.7 Å². The Balaban J connectivity index is 2.86. The third-order valence-corrected chi connectivity index (χ3v) is 2.72. The number of nitrogens with one attached hydrogen (secondary N) is 1. The molecule has 0 unspecified atom stereocenters. The van der Waals surface area contributed by atoms with Crippen molar-refractivity contribution >= 4 is 29.1 Å². The SMILES string of the molecule is CN(C)C(=O)CNC(=O)c1cccc([N+](=O)[O-])c1Cl. The Morgan fingerprint density at radius 2 is 2.05 bits per heavy atom. The van der Waals surface area contributed by atoms with Crippen molar-refractivity contribution in [3.8, 4) is 0 Å². The third kappa shape index (κ3) is 3.65. The van der Waals surface area contributed by atoms with E-state index < -0.39 is 10.8 Å². The largest absolute Gasteiger partial charge is 0.347 e. The maximum absolute atomic E-state index is 11.8. The quantitative estimate of drug-likeness (QED) is 0.661. The molecule has 0 aliphatic carbocycles. The van der Waals surface area contributed by atoms with Gasteiger partial charge in [-0.05, 0) is 6.07 Å². The van der Waals surface area contributed by atoms with Gasteiger partial charge in [0.1, 0.15) is 5.02 Å². The fraction of sp³-hybridized carbons (Fsp3) is 0.273. The first-order valence-electron chi connectivity index (χ1n) is 5.26. The van der Waals surface area contributed by atoms with Crippen molar-refractivity contribution < 1.29 is 14.5 Å². The number of halogens is 1. The van der Waals surface area contributed by atoms with E-state index in [1.54, 1.807) is 14.1 Å². The van der Waals surface area contributed by atoms with E-state index in [1.165, 1.54) is 23.1 Å². The number of benzene rings is 1. The molecule has 8 heteroatoms. The molecule has 0 saturated heterocycles. The second-order valence-corrected chi connectivity index (χ2v) is 4.24. The van der Waals surface area contributed by atoms with Crippen LogP contribution in [-0.4, -0.2) is 42.3 Å². The number of likely N-dealkylation sites (N-methyl/N-ethyl adjacent to an activating group) is 1. The molecule has 0 aliphatic rings. The zero-order chi connectivity index (χ0) is 14.6. The minimum atomic E-state index is -0.677. The van der Waals surface area contributed by atoms with Crippen LogP contribution in [-0.2, 0) is 4.79 Å². The number of nitrogens with zero attached hydrogens (tertiary/aromatic N) is 2. The molecule has 0 heterocycles. The van der Waals surface area contributed by atoms with Crippen molar-refractivity contribution in [1.82, 2.24) is 10.2 Å². The van der Waals surface area contributed by atoms with Gasteiger partial charge in [0.25, 0.3) is 11.6 Å². The first-order chi connectivity index (χ1) is 8.84. The molecule has 1 rings (SSSR count). The monoisotopic (exact) mass is 285 g/mol. The van der Waals surface area contributed by atoms with Gasteiger partial charge in [-0.1, -0.05) is 17.7 Å². The highest BCUT2D eigenvalue weighted by atomic mass is 35.5. The number of nitro groups is 1. The second-order valence-electron chi connectivity index (χ2n) is 3.87. The van der Waals surface area contributed by atoms with E-state index in [1.807, 2.05) is 0 Å².